The molecule has 8 heteroatoms. The lowest BCUT2D eigenvalue weighted by atomic mass is 9.76. The number of hydrogen-bond donors (Lipinski definition) is 4. The Labute approximate surface area is 290 Å². The van der Waals surface area contributed by atoms with Gasteiger partial charge < -0.3 is 21.1 Å². The average molecular weight is 680 g/mol. The number of halogens is 2. The summed E-state index contributed by atoms with van der Waals surface area (Å²) in [4.78, 5) is 19.7. The Morgan fingerprint density at radius 2 is 1.50 bits per heavy atom. The summed E-state index contributed by atoms with van der Waals surface area (Å²) in [6.07, 6.45) is 10.2. The van der Waals surface area contributed by atoms with Gasteiger partial charge in [0.2, 0.25) is 5.78 Å². The number of allylic oxidation sites excluding steroid dienone is 2. The molecular weight excluding hydrogens is 639 g/mol. The van der Waals surface area contributed by atoms with Gasteiger partial charge in [-0.2, -0.15) is 0 Å². The summed E-state index contributed by atoms with van der Waals surface area (Å²) in [5, 5.41) is 29.4. The Balaban J connectivity index is 1.19. The number of rotatable bonds is 5. The molecule has 4 unspecified atom stereocenters. The zero-order chi connectivity index (χ0) is 32.6. The molecule has 0 bridgehead atoms. The van der Waals surface area contributed by atoms with Crippen molar-refractivity contribution >= 4 is 78.7 Å². The largest absolute Gasteiger partial charge is 0.506 e. The molecule has 2 heterocycles. The number of aliphatic hydroxyl groups excluding tert-OH is 1. The molecule has 3 aliphatic carbocycles. The maximum absolute atomic E-state index is 14.4. The highest BCUT2D eigenvalue weighted by Gasteiger charge is 2.44. The van der Waals surface area contributed by atoms with Crippen LogP contribution in [0, 0.1) is 11.8 Å². The number of alkyl halides is 2. The molecule has 2 saturated carbocycles. The number of carbonyl (C=O) groups is 1. The first-order valence-corrected chi connectivity index (χ1v) is 18.7. The molecule has 9 rings (SSSR count). The van der Waals surface area contributed by atoms with Gasteiger partial charge >= 0.3 is 0 Å². The minimum atomic E-state index is -0.451. The molecule has 2 fully saturated rings. The topological polar surface area (TPSA) is 85.8 Å². The highest BCUT2D eigenvalue weighted by molar-refractivity contribution is 6.52. The lowest BCUT2D eigenvalue weighted by Crippen LogP contribution is -2.51. The fraction of sp³-hybridized carbons (Fsp3) is 0.400. The van der Waals surface area contributed by atoms with Crippen LogP contribution in [0.3, 0.4) is 0 Å². The first-order valence-electron chi connectivity index (χ1n) is 17.6. The number of aliphatic hydroxyl groups is 1. The van der Waals surface area contributed by atoms with Crippen molar-refractivity contribution in [1.29, 1.82) is 0 Å². The zero-order valence-corrected chi connectivity index (χ0v) is 28.5. The summed E-state index contributed by atoms with van der Waals surface area (Å²) in [6, 6.07) is 20.6. The molecule has 5 aliphatic rings. The van der Waals surface area contributed by atoms with E-state index in [0.717, 1.165) is 113 Å². The third-order valence-corrected chi connectivity index (χ3v) is 12.1. The maximum atomic E-state index is 14.4. The molecule has 2 spiro atoms. The predicted molar refractivity (Wildman–Crippen MR) is 198 cm³/mol. The fourth-order valence-corrected chi connectivity index (χ4v) is 10.1. The smallest absolute Gasteiger partial charge is 0.201 e. The van der Waals surface area contributed by atoms with Gasteiger partial charge in [-0.15, -0.1) is 23.2 Å². The van der Waals surface area contributed by atoms with Gasteiger partial charge in [0, 0.05) is 39.0 Å². The maximum Gasteiger partial charge on any atom is 0.201 e. The van der Waals surface area contributed by atoms with Crippen molar-refractivity contribution < 1.29 is 9.90 Å². The van der Waals surface area contributed by atoms with E-state index in [1.807, 2.05) is 18.2 Å². The summed E-state index contributed by atoms with van der Waals surface area (Å²) in [5.74, 6) is 2.24. The summed E-state index contributed by atoms with van der Waals surface area (Å²) in [5.41, 5.74) is 3.62. The van der Waals surface area contributed by atoms with Crippen molar-refractivity contribution in [3.8, 4) is 0 Å². The molecule has 4 N–H and O–H groups in total. The fourth-order valence-electron chi connectivity index (χ4n) is 9.53. The first-order chi connectivity index (χ1) is 23.4. The predicted octanol–water partition coefficient (Wildman–Crippen LogP) is 8.61. The highest BCUT2D eigenvalue weighted by Crippen LogP contribution is 2.50. The molecular formula is C40H40Cl2N4O2. The Kier molecular flexibility index (Phi) is 7.21. The van der Waals surface area contributed by atoms with Crippen molar-refractivity contribution in [1.82, 2.24) is 0 Å². The summed E-state index contributed by atoms with van der Waals surface area (Å²) in [6.45, 7) is 0. The summed E-state index contributed by atoms with van der Waals surface area (Å²) in [7, 11) is 0. The van der Waals surface area contributed by atoms with Gasteiger partial charge in [-0.3, -0.25) is 9.79 Å². The Morgan fingerprint density at radius 3 is 2.29 bits per heavy atom. The molecule has 48 heavy (non-hydrogen) atoms. The van der Waals surface area contributed by atoms with Gasteiger partial charge in [0.15, 0.2) is 0 Å². The van der Waals surface area contributed by atoms with E-state index in [4.69, 9.17) is 28.2 Å². The van der Waals surface area contributed by atoms with Crippen LogP contribution in [0.15, 0.2) is 71.4 Å². The molecule has 0 saturated heterocycles. The lowest BCUT2D eigenvalue weighted by Gasteiger charge is -2.47. The molecule has 4 aromatic carbocycles. The number of nitrogens with one attached hydrogen (secondary N) is 3. The third kappa shape index (κ3) is 4.66. The van der Waals surface area contributed by atoms with Crippen LogP contribution < -0.4 is 26.5 Å². The summed E-state index contributed by atoms with van der Waals surface area (Å²) >= 11 is 12.4. The third-order valence-electron chi connectivity index (χ3n) is 11.7. The van der Waals surface area contributed by atoms with Crippen LogP contribution in [-0.4, -0.2) is 34.0 Å². The first kappa shape index (κ1) is 30.3. The Bertz CT molecular complexity index is 2180. The van der Waals surface area contributed by atoms with Crippen molar-refractivity contribution in [3.05, 3.63) is 82.6 Å². The van der Waals surface area contributed by atoms with Crippen LogP contribution in [0.4, 0.5) is 17.1 Å². The van der Waals surface area contributed by atoms with Crippen molar-refractivity contribution in [3.63, 3.8) is 0 Å². The second-order valence-corrected chi connectivity index (χ2v) is 15.4. The van der Waals surface area contributed by atoms with E-state index >= 15 is 0 Å². The van der Waals surface area contributed by atoms with Crippen LogP contribution in [0.25, 0.3) is 32.7 Å². The van der Waals surface area contributed by atoms with Crippen LogP contribution in [0.1, 0.15) is 69.8 Å². The molecule has 0 aromatic heterocycles. The van der Waals surface area contributed by atoms with Gasteiger partial charge in [0.05, 0.1) is 27.9 Å². The van der Waals surface area contributed by atoms with E-state index in [0.29, 0.717) is 34.7 Å². The van der Waals surface area contributed by atoms with E-state index in [-0.39, 0.29) is 17.2 Å². The van der Waals surface area contributed by atoms with Gasteiger partial charge in [-0.05, 0) is 86.1 Å². The number of anilines is 3. The van der Waals surface area contributed by atoms with Gasteiger partial charge in [0.25, 0.3) is 0 Å². The van der Waals surface area contributed by atoms with Crippen molar-refractivity contribution in [2.45, 2.75) is 75.5 Å². The normalized spacial score (nSPS) is 28.6. The Morgan fingerprint density at radius 1 is 0.771 bits per heavy atom. The molecule has 6 nitrogen and oxygen atoms in total. The SMILES string of the molecule is O=C1C(c2ccc3cccc4c3c2NC2(CCCC(CCCl)C2)N4)=C(O)/C1=c1/ccc2cccc3c2c1NC1(CCCC(CCCl)C1)N=3. The van der Waals surface area contributed by atoms with Gasteiger partial charge in [-0.1, -0.05) is 61.4 Å². The quantitative estimate of drug-likeness (QED) is 0.159. The standard InChI is InChI=1S/C40H40Cl2N4O2/c41-19-15-23-5-3-17-39(21-23)43-29-9-1-7-25-11-13-27(35(45-39)31(25)29)33-37(47)34(38(33)48)28-14-12-26-8-2-10-30-32(26)36(28)46-40(44-30)18-4-6-24(22-40)16-20-42/h1-2,7-14,23-24,43,45-47H,3-6,15-22H2/b34-28+. The second kappa shape index (κ2) is 11.4. The van der Waals surface area contributed by atoms with Crippen LogP contribution in [-0.2, 0) is 4.79 Å². The summed E-state index contributed by atoms with van der Waals surface area (Å²) < 4.78 is 0. The molecule has 4 aromatic rings. The molecule has 0 amide bonds. The monoisotopic (exact) mass is 678 g/mol. The number of nitrogens with zero attached hydrogens (tertiary/aromatic N) is 1. The van der Waals surface area contributed by atoms with Gasteiger partial charge in [0.1, 0.15) is 17.1 Å². The van der Waals surface area contributed by atoms with E-state index in [1.54, 1.807) is 0 Å². The number of hydrogen-bond acceptors (Lipinski definition) is 6. The van der Waals surface area contributed by atoms with Crippen LogP contribution >= 0.6 is 23.2 Å². The number of benzene rings is 4. The average Bonchev–Trinajstić information content (AvgIpc) is 3.07. The highest BCUT2D eigenvalue weighted by atomic mass is 35.5. The zero-order valence-electron chi connectivity index (χ0n) is 27.0. The second-order valence-electron chi connectivity index (χ2n) is 14.7. The van der Waals surface area contributed by atoms with Gasteiger partial charge in [-0.25, -0.2) is 0 Å². The molecule has 246 valence electrons. The number of carbonyl (C=O) groups excluding carboxylic acids is 1. The Hall–Kier alpha value is -3.74. The number of Topliss-reactive ketones (excluding diaryl/α,β-unsaturated/α-hetero) is 1. The minimum absolute atomic E-state index is 0.0567. The van der Waals surface area contributed by atoms with E-state index in [2.05, 4.69) is 58.4 Å². The minimum Gasteiger partial charge on any atom is -0.506 e. The van der Waals surface area contributed by atoms with Crippen LogP contribution in [0.5, 0.6) is 0 Å². The molecule has 0 radical (unpaired) electrons. The molecule has 4 atom stereocenters. The van der Waals surface area contributed by atoms with E-state index in [9.17, 15) is 9.90 Å². The van der Waals surface area contributed by atoms with Crippen molar-refractivity contribution in [2.24, 2.45) is 16.8 Å². The number of ketones is 1. The lowest BCUT2D eigenvalue weighted by molar-refractivity contribution is -0.109. The van der Waals surface area contributed by atoms with E-state index in [1.165, 1.54) is 6.42 Å². The van der Waals surface area contributed by atoms with Crippen molar-refractivity contribution in [2.75, 3.05) is 27.7 Å². The van der Waals surface area contributed by atoms with Crippen LogP contribution in [0.2, 0.25) is 0 Å². The van der Waals surface area contributed by atoms with E-state index < -0.39 is 5.66 Å². The molecule has 2 aliphatic heterocycles.